The number of nitrogens with zero attached hydrogens (tertiary/aromatic N) is 3. The monoisotopic (exact) mass is 246 g/mol. The SMILES string of the molecule is Cc1cc(-c2nn(C)c(N)c2C)cc([N+](=O)[O-])c1. The molecule has 6 nitrogen and oxygen atoms in total. The average molecular weight is 246 g/mol. The van der Waals surface area contributed by atoms with Crippen LogP contribution in [0.1, 0.15) is 11.1 Å². The van der Waals surface area contributed by atoms with Crippen LogP contribution in [0.15, 0.2) is 18.2 Å². The lowest BCUT2D eigenvalue weighted by molar-refractivity contribution is -0.384. The molecule has 0 fully saturated rings. The van der Waals surface area contributed by atoms with Crippen LogP contribution in [0.25, 0.3) is 11.3 Å². The van der Waals surface area contributed by atoms with Crippen LogP contribution in [0.2, 0.25) is 0 Å². The molecule has 0 radical (unpaired) electrons. The van der Waals surface area contributed by atoms with E-state index in [-0.39, 0.29) is 5.69 Å². The standard InChI is InChI=1S/C12H14N4O2/c1-7-4-9(6-10(5-7)16(17)18)11-8(2)12(13)15(3)14-11/h4-6H,13H2,1-3H3. The third-order valence-corrected chi connectivity index (χ3v) is 2.88. The Kier molecular flexibility index (Phi) is 2.78. The van der Waals surface area contributed by atoms with Crippen LogP contribution in [0.4, 0.5) is 11.5 Å². The zero-order valence-electron chi connectivity index (χ0n) is 10.5. The van der Waals surface area contributed by atoms with Gasteiger partial charge in [0.25, 0.3) is 5.69 Å². The molecular formula is C12H14N4O2. The molecule has 0 unspecified atom stereocenters. The van der Waals surface area contributed by atoms with Gasteiger partial charge in [-0.05, 0) is 25.5 Å². The van der Waals surface area contributed by atoms with Crippen LogP contribution in [0, 0.1) is 24.0 Å². The molecule has 0 aliphatic rings. The molecule has 0 saturated carbocycles. The van der Waals surface area contributed by atoms with Crippen molar-refractivity contribution in [1.29, 1.82) is 0 Å². The summed E-state index contributed by atoms with van der Waals surface area (Å²) in [4.78, 5) is 10.4. The molecule has 0 aliphatic carbocycles. The van der Waals surface area contributed by atoms with E-state index in [1.165, 1.54) is 12.1 Å². The van der Waals surface area contributed by atoms with Crippen molar-refractivity contribution in [3.8, 4) is 11.3 Å². The topological polar surface area (TPSA) is 87.0 Å². The maximum atomic E-state index is 10.8. The second-order valence-electron chi connectivity index (χ2n) is 4.30. The van der Waals surface area contributed by atoms with E-state index in [9.17, 15) is 10.1 Å². The number of benzene rings is 1. The Morgan fingerprint density at radius 3 is 2.50 bits per heavy atom. The van der Waals surface area contributed by atoms with E-state index < -0.39 is 4.92 Å². The second kappa shape index (κ2) is 4.14. The summed E-state index contributed by atoms with van der Waals surface area (Å²) in [7, 11) is 1.75. The van der Waals surface area contributed by atoms with Gasteiger partial charge < -0.3 is 5.73 Å². The number of aryl methyl sites for hydroxylation is 2. The predicted molar refractivity (Wildman–Crippen MR) is 69.2 cm³/mol. The number of aromatic nitrogens is 2. The Balaban J connectivity index is 2.63. The fourth-order valence-electron chi connectivity index (χ4n) is 1.92. The first-order chi connectivity index (χ1) is 8.40. The number of nitrogens with two attached hydrogens (primary N) is 1. The van der Waals surface area contributed by atoms with E-state index in [2.05, 4.69) is 5.10 Å². The molecule has 2 aromatic rings. The molecule has 2 rings (SSSR count). The fourth-order valence-corrected chi connectivity index (χ4v) is 1.92. The van der Waals surface area contributed by atoms with Gasteiger partial charge in [0.15, 0.2) is 0 Å². The van der Waals surface area contributed by atoms with Gasteiger partial charge in [0.1, 0.15) is 5.82 Å². The number of anilines is 1. The molecule has 2 N–H and O–H groups in total. The van der Waals surface area contributed by atoms with Gasteiger partial charge in [-0.25, -0.2) is 0 Å². The maximum absolute atomic E-state index is 10.8. The number of hydrogen-bond donors (Lipinski definition) is 1. The molecule has 0 spiro atoms. The van der Waals surface area contributed by atoms with Crippen molar-refractivity contribution < 1.29 is 4.92 Å². The van der Waals surface area contributed by atoms with Gasteiger partial charge in [-0.2, -0.15) is 5.10 Å². The van der Waals surface area contributed by atoms with Crippen LogP contribution in [0.3, 0.4) is 0 Å². The first kappa shape index (κ1) is 12.1. The van der Waals surface area contributed by atoms with Gasteiger partial charge in [0.05, 0.1) is 10.6 Å². The van der Waals surface area contributed by atoms with E-state index in [4.69, 9.17) is 5.73 Å². The summed E-state index contributed by atoms with van der Waals surface area (Å²) in [6.45, 7) is 3.67. The van der Waals surface area contributed by atoms with E-state index in [1.807, 2.05) is 19.9 Å². The Morgan fingerprint density at radius 2 is 2.00 bits per heavy atom. The van der Waals surface area contributed by atoms with Gasteiger partial charge in [-0.15, -0.1) is 0 Å². The van der Waals surface area contributed by atoms with Crippen LogP contribution >= 0.6 is 0 Å². The zero-order chi connectivity index (χ0) is 13.4. The number of nitro benzene ring substituents is 1. The van der Waals surface area contributed by atoms with Gasteiger partial charge >= 0.3 is 0 Å². The highest BCUT2D eigenvalue weighted by atomic mass is 16.6. The second-order valence-corrected chi connectivity index (χ2v) is 4.30. The van der Waals surface area contributed by atoms with Gasteiger partial charge in [-0.3, -0.25) is 14.8 Å². The molecule has 0 amide bonds. The number of nitro groups is 1. The van der Waals surface area contributed by atoms with Crippen molar-refractivity contribution >= 4 is 11.5 Å². The summed E-state index contributed by atoms with van der Waals surface area (Å²) in [5, 5.41) is 15.1. The molecule has 94 valence electrons. The predicted octanol–water partition coefficient (Wildman–Crippen LogP) is 2.19. The Hall–Kier alpha value is -2.37. The van der Waals surface area contributed by atoms with Crippen LogP contribution in [0.5, 0.6) is 0 Å². The quantitative estimate of drug-likeness (QED) is 0.650. The molecule has 18 heavy (non-hydrogen) atoms. The Morgan fingerprint density at radius 1 is 1.33 bits per heavy atom. The summed E-state index contributed by atoms with van der Waals surface area (Å²) in [6, 6.07) is 4.91. The molecular weight excluding hydrogens is 232 g/mol. The van der Waals surface area contributed by atoms with Crippen molar-refractivity contribution in [2.75, 3.05) is 5.73 Å². The first-order valence-electron chi connectivity index (χ1n) is 5.45. The summed E-state index contributed by atoms with van der Waals surface area (Å²) in [5.41, 5.74) is 8.96. The van der Waals surface area contributed by atoms with E-state index in [1.54, 1.807) is 11.7 Å². The number of rotatable bonds is 2. The van der Waals surface area contributed by atoms with Gasteiger partial charge in [-0.1, -0.05) is 0 Å². The summed E-state index contributed by atoms with van der Waals surface area (Å²) < 4.78 is 1.57. The molecule has 1 aromatic carbocycles. The number of nitrogen functional groups attached to an aromatic ring is 1. The van der Waals surface area contributed by atoms with Crippen molar-refractivity contribution in [3.63, 3.8) is 0 Å². The maximum Gasteiger partial charge on any atom is 0.270 e. The molecule has 1 aromatic heterocycles. The van der Waals surface area contributed by atoms with Crippen LogP contribution in [-0.4, -0.2) is 14.7 Å². The minimum Gasteiger partial charge on any atom is -0.384 e. The Labute approximate surface area is 104 Å². The lowest BCUT2D eigenvalue weighted by atomic mass is 10.0. The highest BCUT2D eigenvalue weighted by molar-refractivity contribution is 5.70. The zero-order valence-corrected chi connectivity index (χ0v) is 10.5. The van der Waals surface area contributed by atoms with Crippen molar-refractivity contribution in [2.24, 2.45) is 7.05 Å². The highest BCUT2D eigenvalue weighted by Gasteiger charge is 2.15. The largest absolute Gasteiger partial charge is 0.384 e. The molecule has 1 heterocycles. The molecule has 6 heteroatoms. The fraction of sp³-hybridized carbons (Fsp3) is 0.250. The van der Waals surface area contributed by atoms with Crippen LogP contribution in [-0.2, 0) is 7.05 Å². The van der Waals surface area contributed by atoms with E-state index >= 15 is 0 Å². The van der Waals surface area contributed by atoms with Crippen molar-refractivity contribution in [3.05, 3.63) is 39.4 Å². The minimum absolute atomic E-state index is 0.0635. The van der Waals surface area contributed by atoms with Crippen molar-refractivity contribution in [1.82, 2.24) is 9.78 Å². The third kappa shape index (κ3) is 1.92. The van der Waals surface area contributed by atoms with Crippen LogP contribution < -0.4 is 5.73 Å². The first-order valence-corrected chi connectivity index (χ1v) is 5.45. The Bertz CT molecular complexity index is 631. The normalized spacial score (nSPS) is 10.6. The number of hydrogen-bond acceptors (Lipinski definition) is 4. The highest BCUT2D eigenvalue weighted by Crippen LogP contribution is 2.29. The lowest BCUT2D eigenvalue weighted by Crippen LogP contribution is -1.97. The third-order valence-electron chi connectivity index (χ3n) is 2.88. The summed E-state index contributed by atoms with van der Waals surface area (Å²) >= 11 is 0. The molecule has 0 saturated heterocycles. The van der Waals surface area contributed by atoms with Gasteiger partial charge in [0, 0.05) is 30.3 Å². The minimum atomic E-state index is -0.405. The lowest BCUT2D eigenvalue weighted by Gasteiger charge is -2.01. The molecule has 0 bridgehead atoms. The average Bonchev–Trinajstić information content (AvgIpc) is 2.56. The van der Waals surface area contributed by atoms with E-state index in [0.717, 1.165) is 11.1 Å². The van der Waals surface area contributed by atoms with Gasteiger partial charge in [0.2, 0.25) is 0 Å². The molecule has 0 atom stereocenters. The van der Waals surface area contributed by atoms with Crippen molar-refractivity contribution in [2.45, 2.75) is 13.8 Å². The molecule has 0 aliphatic heterocycles. The number of non-ortho nitro benzene ring substituents is 1. The smallest absolute Gasteiger partial charge is 0.270 e. The summed E-state index contributed by atoms with van der Waals surface area (Å²) in [6.07, 6.45) is 0. The summed E-state index contributed by atoms with van der Waals surface area (Å²) in [5.74, 6) is 0.564. The van der Waals surface area contributed by atoms with E-state index in [0.29, 0.717) is 17.1 Å².